The van der Waals surface area contributed by atoms with E-state index in [0.29, 0.717) is 75.3 Å². The van der Waals surface area contributed by atoms with Crippen LogP contribution >= 0.6 is 24.8 Å². The Morgan fingerprint density at radius 3 is 1.68 bits per heavy atom. The molecule has 0 heterocycles. The molecule has 4 saturated carbocycles. The molecule has 68 heavy (non-hydrogen) atoms. The summed E-state index contributed by atoms with van der Waals surface area (Å²) in [5.41, 5.74) is 0.973. The van der Waals surface area contributed by atoms with Gasteiger partial charge in [0.05, 0.1) is 47.7 Å². The maximum Gasteiger partial charge on any atom is 0.312 e. The Morgan fingerprint density at radius 1 is 0.647 bits per heavy atom. The first-order chi connectivity index (χ1) is 31.1. The molecule has 9 unspecified atom stereocenters. The van der Waals surface area contributed by atoms with Gasteiger partial charge in [-0.05, 0) is 127 Å². The van der Waals surface area contributed by atoms with E-state index < -0.39 is 29.1 Å². The van der Waals surface area contributed by atoms with Crippen LogP contribution in [0.25, 0.3) is 0 Å². The van der Waals surface area contributed by atoms with Crippen LogP contribution in [0.1, 0.15) is 138 Å². The van der Waals surface area contributed by atoms with Gasteiger partial charge >= 0.3 is 5.97 Å². The van der Waals surface area contributed by atoms with E-state index in [2.05, 4.69) is 75.8 Å². The van der Waals surface area contributed by atoms with Crippen LogP contribution in [0.3, 0.4) is 0 Å². The quantitative estimate of drug-likeness (QED) is 0.0474. The number of nitrogens with one attached hydrogen (secondary N) is 4. The number of anilines is 2. The zero-order valence-electron chi connectivity index (χ0n) is 41.0. The van der Waals surface area contributed by atoms with Crippen molar-refractivity contribution in [1.82, 2.24) is 10.6 Å². The van der Waals surface area contributed by atoms with Crippen molar-refractivity contribution in [3.63, 3.8) is 0 Å². The monoisotopic (exact) mass is 989 g/mol. The fourth-order valence-corrected chi connectivity index (χ4v) is 14.4. The highest BCUT2D eigenvalue weighted by atomic mass is 35.5. The van der Waals surface area contributed by atoms with Crippen LogP contribution in [0.4, 0.5) is 11.4 Å². The van der Waals surface area contributed by atoms with E-state index in [0.717, 1.165) is 44.9 Å². The molecular weight excluding hydrogens is 911 g/mol. The van der Waals surface area contributed by atoms with Crippen molar-refractivity contribution in [2.24, 2.45) is 50.2 Å². The normalized spacial score (nSPS) is 32.6. The summed E-state index contributed by atoms with van der Waals surface area (Å²) >= 11 is 0. The molecule has 2 aromatic carbocycles. The molecule has 0 spiro atoms. The first-order valence-corrected chi connectivity index (χ1v) is 24.3. The molecule has 9 atom stereocenters. The highest BCUT2D eigenvalue weighted by Gasteiger charge is 2.71. The van der Waals surface area contributed by atoms with E-state index in [1.165, 1.54) is 17.7 Å². The number of aromatic hydroxyl groups is 2. The number of halogens is 2. The van der Waals surface area contributed by atoms with Gasteiger partial charge in [0.1, 0.15) is 16.9 Å². The van der Waals surface area contributed by atoms with E-state index in [1.54, 1.807) is 12.1 Å². The van der Waals surface area contributed by atoms with E-state index in [4.69, 9.17) is 10.2 Å². The second-order valence-electron chi connectivity index (χ2n) is 22.4. The number of carboxylic acids is 1. The third-order valence-corrected chi connectivity index (χ3v) is 18.1. The smallest absolute Gasteiger partial charge is 0.312 e. The summed E-state index contributed by atoms with van der Waals surface area (Å²) in [6.45, 7) is 19.2. The number of fused-ring (bicyclic) bond motifs is 9. The summed E-state index contributed by atoms with van der Waals surface area (Å²) < 4.78 is 0. The fourth-order valence-electron chi connectivity index (χ4n) is 14.4. The molecule has 0 saturated heterocycles. The molecule has 14 nitrogen and oxygen atoms in total. The van der Waals surface area contributed by atoms with Gasteiger partial charge in [0, 0.05) is 50.6 Å². The third-order valence-electron chi connectivity index (χ3n) is 18.1. The van der Waals surface area contributed by atoms with Gasteiger partial charge in [0.2, 0.25) is 11.6 Å². The zero-order valence-corrected chi connectivity index (χ0v) is 42.6. The number of aliphatic hydroxyl groups excluding tert-OH is 4. The van der Waals surface area contributed by atoms with Crippen molar-refractivity contribution in [2.45, 2.75) is 118 Å². The molecule has 2 aromatic rings. The highest BCUT2D eigenvalue weighted by Crippen LogP contribution is 2.75. The average molecular weight is 990 g/mol. The Labute approximate surface area is 414 Å². The van der Waals surface area contributed by atoms with Crippen molar-refractivity contribution < 1.29 is 50.1 Å². The minimum Gasteiger partial charge on any atom is -0.507 e. The number of benzene rings is 2. The maximum atomic E-state index is 13.4. The SMILES string of the molecule is CC1(C)CCC2(C(=O)O)C(O)CC3(C)C(=CCC4C5(C)CCC(O)C(C)(C)C5CCC43C)C2C1.Cl.Cl.O=C1c2c(O)ccc(O)c2C(=O)c2c(NCCNCCO)ccc(NCCNCCO)c21. The summed E-state index contributed by atoms with van der Waals surface area (Å²) in [4.78, 5) is 39.5. The van der Waals surface area contributed by atoms with Crippen LogP contribution in [0, 0.1) is 50.2 Å². The van der Waals surface area contributed by atoms with E-state index in [9.17, 15) is 39.9 Å². The number of carbonyl (C=O) groups excluding carboxylic acids is 2. The van der Waals surface area contributed by atoms with Crippen molar-refractivity contribution >= 4 is 53.7 Å². The lowest BCUT2D eigenvalue weighted by Crippen LogP contribution is -2.67. The Hall–Kier alpha value is -3.47. The van der Waals surface area contributed by atoms with Gasteiger partial charge in [-0.1, -0.05) is 60.1 Å². The van der Waals surface area contributed by atoms with Gasteiger partial charge in [0.25, 0.3) is 0 Å². The molecule has 16 heteroatoms. The zero-order chi connectivity index (χ0) is 48.2. The standard InChI is InChI=1S/C30H48O4.C22H28N4O6.2ClH/c1-25(2)14-15-30(24(33)34)19(16-25)18-8-9-21-27(5)12-11-22(31)26(3,4)20(27)10-13-28(21,6)29(18,7)17-23(30)32;27-11-9-23-5-7-25-13-1-2-14(26-8-6-24-10-12-28)18-17(13)21(31)19-15(29)3-4-16(30)20(19)22(18)32;;/h8,19-23,31-32H,9-17H2,1-7H3,(H,33,34);1-4,23-30H,5-12H2;2*1H. The lowest BCUT2D eigenvalue weighted by Gasteiger charge is -2.71. The second kappa shape index (κ2) is 20.7. The minimum atomic E-state index is -1.04. The molecular formula is C52H78Cl2N4O10. The summed E-state index contributed by atoms with van der Waals surface area (Å²) in [6.07, 6.45) is 9.35. The topological polar surface area (TPSA) is 241 Å². The molecule has 6 aliphatic carbocycles. The Morgan fingerprint density at radius 2 is 1.18 bits per heavy atom. The number of carboxylic acid groups (broad SMARTS) is 1. The number of carbonyl (C=O) groups is 3. The molecule has 6 aliphatic rings. The number of rotatable bonds is 13. The molecule has 0 amide bonds. The average Bonchev–Trinajstić information content (AvgIpc) is 3.25. The summed E-state index contributed by atoms with van der Waals surface area (Å²) in [5, 5.41) is 83.6. The Bertz CT molecular complexity index is 2160. The summed E-state index contributed by atoms with van der Waals surface area (Å²) in [6, 6.07) is 5.74. The number of hydrogen-bond acceptors (Lipinski definition) is 13. The van der Waals surface area contributed by atoms with Crippen LogP contribution in [0.5, 0.6) is 11.5 Å². The molecule has 0 aromatic heterocycles. The second-order valence-corrected chi connectivity index (χ2v) is 22.4. The van der Waals surface area contributed by atoms with E-state index in [1.807, 2.05) is 0 Å². The number of aliphatic carboxylic acids is 1. The van der Waals surface area contributed by atoms with Gasteiger partial charge in [-0.15, -0.1) is 24.8 Å². The predicted molar refractivity (Wildman–Crippen MR) is 269 cm³/mol. The first-order valence-electron chi connectivity index (χ1n) is 24.3. The van der Waals surface area contributed by atoms with Crippen molar-refractivity contribution in [2.75, 3.05) is 63.1 Å². The highest BCUT2D eigenvalue weighted by molar-refractivity contribution is 6.33. The van der Waals surface area contributed by atoms with Crippen LogP contribution in [0.2, 0.25) is 0 Å². The van der Waals surface area contributed by atoms with Crippen LogP contribution in [-0.2, 0) is 4.79 Å². The van der Waals surface area contributed by atoms with Crippen molar-refractivity contribution in [3.05, 3.63) is 58.2 Å². The van der Waals surface area contributed by atoms with Gasteiger partial charge in [-0.3, -0.25) is 14.4 Å². The number of aliphatic hydroxyl groups is 4. The van der Waals surface area contributed by atoms with Gasteiger partial charge < -0.3 is 57.0 Å². The summed E-state index contributed by atoms with van der Waals surface area (Å²) in [5.74, 6) is -1.77. The number of hydrogen-bond donors (Lipinski definition) is 11. The molecule has 8 rings (SSSR count). The minimum absolute atomic E-state index is 0. The number of ketones is 2. The molecule has 0 radical (unpaired) electrons. The molecule has 380 valence electrons. The largest absolute Gasteiger partial charge is 0.507 e. The van der Waals surface area contributed by atoms with Crippen LogP contribution < -0.4 is 21.3 Å². The van der Waals surface area contributed by atoms with Gasteiger partial charge in [-0.2, -0.15) is 0 Å². The van der Waals surface area contributed by atoms with Crippen LogP contribution in [0.15, 0.2) is 35.9 Å². The maximum absolute atomic E-state index is 13.4. The predicted octanol–water partition coefficient (Wildman–Crippen LogP) is 6.91. The van der Waals surface area contributed by atoms with Crippen molar-refractivity contribution in [3.8, 4) is 11.5 Å². The van der Waals surface area contributed by atoms with Crippen molar-refractivity contribution in [1.29, 1.82) is 0 Å². The molecule has 11 N–H and O–H groups in total. The molecule has 4 fully saturated rings. The summed E-state index contributed by atoms with van der Waals surface area (Å²) in [7, 11) is 0. The Kier molecular flexibility index (Phi) is 16.9. The van der Waals surface area contributed by atoms with Gasteiger partial charge in [-0.25, -0.2) is 0 Å². The lowest BCUT2D eigenvalue weighted by atomic mass is 9.33. The lowest BCUT2D eigenvalue weighted by molar-refractivity contribution is -0.218. The number of allylic oxidation sites excluding steroid dienone is 2. The van der Waals surface area contributed by atoms with Gasteiger partial charge in [0.15, 0.2) is 0 Å². The van der Waals surface area contributed by atoms with E-state index in [-0.39, 0.29) is 111 Å². The first kappa shape index (κ1) is 55.5. The molecule has 0 bridgehead atoms. The number of phenols is 2. The Balaban J connectivity index is 0.000000247. The van der Waals surface area contributed by atoms with Crippen LogP contribution in [-0.4, -0.2) is 118 Å². The molecule has 0 aliphatic heterocycles. The third kappa shape index (κ3) is 9.07. The van der Waals surface area contributed by atoms with E-state index >= 15 is 0 Å². The number of phenolic OH excluding ortho intramolecular Hbond substituents is 2. The fraction of sp³-hybridized carbons (Fsp3) is 0.673.